The van der Waals surface area contributed by atoms with Gasteiger partial charge in [-0.05, 0) is 67.4 Å². The monoisotopic (exact) mass is 507 g/mol. The van der Waals surface area contributed by atoms with Gasteiger partial charge in [-0.3, -0.25) is 25.8 Å². The molecular formula is C22H26BrN3O4S. The molecule has 0 atom stereocenters. The van der Waals surface area contributed by atoms with Gasteiger partial charge >= 0.3 is 0 Å². The molecule has 0 fully saturated rings. The van der Waals surface area contributed by atoms with Gasteiger partial charge in [0.1, 0.15) is 11.5 Å². The molecule has 9 heteroatoms. The Morgan fingerprint density at radius 2 is 1.87 bits per heavy atom. The van der Waals surface area contributed by atoms with Gasteiger partial charge in [0.05, 0.1) is 12.2 Å². The first kappa shape index (κ1) is 24.6. The van der Waals surface area contributed by atoms with Crippen LogP contribution in [0.1, 0.15) is 36.2 Å². The minimum absolute atomic E-state index is 0.0537. The summed E-state index contributed by atoms with van der Waals surface area (Å²) < 4.78 is 11.9. The minimum atomic E-state index is -0.455. The van der Waals surface area contributed by atoms with Crippen LogP contribution in [0.5, 0.6) is 11.5 Å². The molecule has 0 aliphatic rings. The van der Waals surface area contributed by atoms with Gasteiger partial charge in [-0.25, -0.2) is 0 Å². The maximum atomic E-state index is 12.6. The number of hydrazine groups is 1. The Labute approximate surface area is 196 Å². The number of carbonyl (C=O) groups excluding carboxylic acids is 2. The summed E-state index contributed by atoms with van der Waals surface area (Å²) in [5, 5.41) is 2.47. The quantitative estimate of drug-likeness (QED) is 0.371. The van der Waals surface area contributed by atoms with Gasteiger partial charge in [0, 0.05) is 4.47 Å². The van der Waals surface area contributed by atoms with Crippen LogP contribution in [0.2, 0.25) is 0 Å². The topological polar surface area (TPSA) is 88.7 Å². The third kappa shape index (κ3) is 8.94. The lowest BCUT2D eigenvalue weighted by Crippen LogP contribution is -2.49. The second-order valence-electron chi connectivity index (χ2n) is 7.23. The van der Waals surface area contributed by atoms with Crippen LogP contribution in [0.15, 0.2) is 46.9 Å². The highest BCUT2D eigenvalue weighted by molar-refractivity contribution is 9.10. The van der Waals surface area contributed by atoms with Gasteiger partial charge in [0.15, 0.2) is 11.7 Å². The Balaban J connectivity index is 1.84. The zero-order valence-corrected chi connectivity index (χ0v) is 20.1. The second-order valence-corrected chi connectivity index (χ2v) is 8.56. The van der Waals surface area contributed by atoms with Crippen molar-refractivity contribution in [2.45, 2.75) is 27.2 Å². The maximum absolute atomic E-state index is 12.6. The highest BCUT2D eigenvalue weighted by atomic mass is 79.9. The van der Waals surface area contributed by atoms with E-state index in [0.29, 0.717) is 29.6 Å². The number of hydrogen-bond acceptors (Lipinski definition) is 5. The van der Waals surface area contributed by atoms with E-state index in [0.717, 1.165) is 16.5 Å². The summed E-state index contributed by atoms with van der Waals surface area (Å²) in [5.74, 6) is 0.635. The lowest BCUT2D eigenvalue weighted by atomic mass is 10.1. The van der Waals surface area contributed by atoms with Crippen molar-refractivity contribution in [3.63, 3.8) is 0 Å². The Morgan fingerprint density at radius 3 is 2.58 bits per heavy atom. The van der Waals surface area contributed by atoms with Crippen molar-refractivity contribution >= 4 is 45.1 Å². The van der Waals surface area contributed by atoms with Crippen molar-refractivity contribution in [1.29, 1.82) is 0 Å². The molecule has 2 aromatic carbocycles. The van der Waals surface area contributed by atoms with Gasteiger partial charge in [-0.15, -0.1) is 0 Å². The number of ether oxygens (including phenoxy) is 2. The van der Waals surface area contributed by atoms with Crippen molar-refractivity contribution in [3.8, 4) is 11.5 Å². The first-order valence-electron chi connectivity index (χ1n) is 9.76. The molecule has 0 unspecified atom stereocenters. The van der Waals surface area contributed by atoms with E-state index < -0.39 is 11.8 Å². The number of amides is 2. The van der Waals surface area contributed by atoms with Crippen LogP contribution >= 0.6 is 28.1 Å². The summed E-state index contributed by atoms with van der Waals surface area (Å²) in [5.41, 5.74) is 6.23. The largest absolute Gasteiger partial charge is 0.493 e. The van der Waals surface area contributed by atoms with E-state index >= 15 is 0 Å². The number of nitrogens with one attached hydrogen (secondary N) is 3. The van der Waals surface area contributed by atoms with Crippen molar-refractivity contribution in [2.24, 2.45) is 5.92 Å². The first-order valence-corrected chi connectivity index (χ1v) is 11.0. The fraction of sp³-hybridized carbons (Fsp3) is 0.318. The zero-order valence-electron chi connectivity index (χ0n) is 17.7. The minimum Gasteiger partial charge on any atom is -0.493 e. The molecule has 0 aromatic heterocycles. The van der Waals surface area contributed by atoms with E-state index in [1.54, 1.807) is 24.3 Å². The average molecular weight is 508 g/mol. The van der Waals surface area contributed by atoms with Crippen molar-refractivity contribution in [3.05, 3.63) is 58.1 Å². The molecule has 3 N–H and O–H groups in total. The average Bonchev–Trinajstić information content (AvgIpc) is 2.71. The Bertz CT molecular complexity index is 937. The third-order valence-electron chi connectivity index (χ3n) is 4.04. The molecule has 2 rings (SSSR count). The third-order valence-corrected chi connectivity index (χ3v) is 4.74. The number of aryl methyl sites for hydroxylation is 1. The first-order chi connectivity index (χ1) is 14.7. The second kappa shape index (κ2) is 12.3. The summed E-state index contributed by atoms with van der Waals surface area (Å²) in [6, 6.07) is 12.5. The van der Waals surface area contributed by atoms with Crippen LogP contribution in [0, 0.1) is 12.8 Å². The maximum Gasteiger partial charge on any atom is 0.276 e. The van der Waals surface area contributed by atoms with Crippen LogP contribution in [-0.2, 0) is 4.79 Å². The molecule has 0 spiro atoms. The van der Waals surface area contributed by atoms with Crippen LogP contribution in [-0.4, -0.2) is 30.1 Å². The number of halogens is 1. The summed E-state index contributed by atoms with van der Waals surface area (Å²) in [4.78, 5) is 24.6. The van der Waals surface area contributed by atoms with E-state index in [1.807, 2.05) is 25.1 Å². The molecule has 0 saturated carbocycles. The van der Waals surface area contributed by atoms with Crippen LogP contribution in [0.4, 0.5) is 0 Å². The number of thiocarbonyl (C=S) groups is 1. The SMILES string of the molecule is Cc1cccc(OCC(=O)NNC(=S)NC(=O)c2cc(Br)ccc2OCCC(C)C)c1. The van der Waals surface area contributed by atoms with Crippen molar-refractivity contribution < 1.29 is 19.1 Å². The highest BCUT2D eigenvalue weighted by Gasteiger charge is 2.15. The molecule has 0 bridgehead atoms. The van der Waals surface area contributed by atoms with E-state index in [-0.39, 0.29) is 11.7 Å². The van der Waals surface area contributed by atoms with Crippen LogP contribution in [0.25, 0.3) is 0 Å². The lowest BCUT2D eigenvalue weighted by Gasteiger charge is -2.14. The van der Waals surface area contributed by atoms with Crippen molar-refractivity contribution in [1.82, 2.24) is 16.2 Å². The predicted octanol–water partition coefficient (Wildman–Crippen LogP) is 3.90. The number of hydrogen-bond donors (Lipinski definition) is 3. The summed E-state index contributed by atoms with van der Waals surface area (Å²) >= 11 is 8.45. The fourth-order valence-electron chi connectivity index (χ4n) is 2.43. The molecule has 2 aromatic rings. The van der Waals surface area contributed by atoms with E-state index in [4.69, 9.17) is 21.7 Å². The molecule has 2 amide bonds. The molecule has 0 radical (unpaired) electrons. The molecule has 7 nitrogen and oxygen atoms in total. The Kier molecular flexibility index (Phi) is 9.74. The van der Waals surface area contributed by atoms with Gasteiger partial charge in [-0.2, -0.15) is 0 Å². The summed E-state index contributed by atoms with van der Waals surface area (Å²) in [6.45, 7) is 6.43. The molecule has 0 aliphatic carbocycles. The van der Waals surface area contributed by atoms with Crippen molar-refractivity contribution in [2.75, 3.05) is 13.2 Å². The summed E-state index contributed by atoms with van der Waals surface area (Å²) in [7, 11) is 0. The predicted molar refractivity (Wildman–Crippen MR) is 127 cm³/mol. The zero-order chi connectivity index (χ0) is 22.8. The lowest BCUT2D eigenvalue weighted by molar-refractivity contribution is -0.123. The Hall–Kier alpha value is -2.65. The normalized spacial score (nSPS) is 10.4. The summed E-state index contributed by atoms with van der Waals surface area (Å²) in [6.07, 6.45) is 0.869. The molecule has 166 valence electrons. The van der Waals surface area contributed by atoms with E-state index in [1.165, 1.54) is 0 Å². The van der Waals surface area contributed by atoms with Gasteiger partial charge < -0.3 is 9.47 Å². The number of rotatable bonds is 8. The van der Waals surface area contributed by atoms with Gasteiger partial charge in [0.25, 0.3) is 11.8 Å². The standard InChI is InChI=1S/C22H26BrN3O4S/c1-14(2)9-10-29-19-8-7-16(23)12-18(19)21(28)24-22(31)26-25-20(27)13-30-17-6-4-5-15(3)11-17/h4-8,11-12,14H,9-10,13H2,1-3H3,(H,25,27)(H2,24,26,28,31). The molecular weight excluding hydrogens is 482 g/mol. The Morgan fingerprint density at radius 1 is 1.10 bits per heavy atom. The van der Waals surface area contributed by atoms with E-state index in [9.17, 15) is 9.59 Å². The molecule has 0 heterocycles. The van der Waals surface area contributed by atoms with Gasteiger partial charge in [0.2, 0.25) is 0 Å². The number of carbonyl (C=O) groups is 2. The smallest absolute Gasteiger partial charge is 0.276 e. The van der Waals surface area contributed by atoms with Gasteiger partial charge in [-0.1, -0.05) is 41.9 Å². The van der Waals surface area contributed by atoms with E-state index in [2.05, 4.69) is 45.9 Å². The van der Waals surface area contributed by atoms with Crippen LogP contribution < -0.4 is 25.6 Å². The molecule has 0 saturated heterocycles. The molecule has 31 heavy (non-hydrogen) atoms. The number of benzene rings is 2. The molecule has 0 aliphatic heterocycles. The van der Waals surface area contributed by atoms with Crippen LogP contribution in [0.3, 0.4) is 0 Å². The highest BCUT2D eigenvalue weighted by Crippen LogP contribution is 2.23. The fourth-order valence-corrected chi connectivity index (χ4v) is 2.93.